The van der Waals surface area contributed by atoms with Crippen molar-refractivity contribution in [3.63, 3.8) is 0 Å². The van der Waals surface area contributed by atoms with Crippen LogP contribution in [0.3, 0.4) is 0 Å². The Labute approximate surface area is 88.9 Å². The van der Waals surface area contributed by atoms with Crippen molar-refractivity contribution in [2.75, 3.05) is 19.3 Å². The number of hydrogen-bond acceptors (Lipinski definition) is 4. The highest BCUT2D eigenvalue weighted by molar-refractivity contribution is 7.89. The molecule has 0 saturated heterocycles. The van der Waals surface area contributed by atoms with E-state index in [1.807, 2.05) is 0 Å². The van der Waals surface area contributed by atoms with E-state index < -0.39 is 15.8 Å². The molecule has 0 heterocycles. The van der Waals surface area contributed by atoms with Gasteiger partial charge in [-0.15, -0.1) is 0 Å². The smallest absolute Gasteiger partial charge is 0.235 e. The minimum Gasteiger partial charge on any atom is -0.352 e. The molecule has 0 spiro atoms. The number of hydrogen-bond donors (Lipinski definition) is 1. The summed E-state index contributed by atoms with van der Waals surface area (Å²) in [6, 6.07) is 1.77. The molecule has 1 amide bonds. The molecule has 0 unspecified atom stereocenters. The van der Waals surface area contributed by atoms with Crippen molar-refractivity contribution >= 4 is 15.9 Å². The molecule has 15 heavy (non-hydrogen) atoms. The number of rotatable bonds is 5. The van der Waals surface area contributed by atoms with Crippen LogP contribution in [0.5, 0.6) is 0 Å². The molecule has 0 aromatic carbocycles. The maximum Gasteiger partial charge on any atom is 0.235 e. The molecule has 1 rings (SSSR count). The molecule has 0 radical (unpaired) electrons. The Kier molecular flexibility index (Phi) is 3.66. The number of nitriles is 1. The SMILES string of the molecule is CN(CC(=O)NC1CC1)S(=O)(=O)CC#N. The fraction of sp³-hybridized carbons (Fsp3) is 0.750. The summed E-state index contributed by atoms with van der Waals surface area (Å²) in [5.41, 5.74) is 0. The summed E-state index contributed by atoms with van der Waals surface area (Å²) in [4.78, 5) is 11.3. The van der Waals surface area contributed by atoms with E-state index in [9.17, 15) is 13.2 Å². The van der Waals surface area contributed by atoms with Gasteiger partial charge in [0.1, 0.15) is 0 Å². The third-order valence-corrected chi connectivity index (χ3v) is 3.60. The molecule has 1 aliphatic rings. The predicted molar refractivity (Wildman–Crippen MR) is 53.2 cm³/mol. The highest BCUT2D eigenvalue weighted by atomic mass is 32.2. The third-order valence-electron chi connectivity index (χ3n) is 2.03. The number of carbonyl (C=O) groups is 1. The Balaban J connectivity index is 2.43. The van der Waals surface area contributed by atoms with Gasteiger partial charge in [0, 0.05) is 13.1 Å². The van der Waals surface area contributed by atoms with E-state index in [1.165, 1.54) is 7.05 Å². The highest BCUT2D eigenvalue weighted by Crippen LogP contribution is 2.18. The van der Waals surface area contributed by atoms with Gasteiger partial charge in [-0.05, 0) is 12.8 Å². The molecule has 0 aromatic rings. The second kappa shape index (κ2) is 4.59. The molecule has 0 atom stereocenters. The van der Waals surface area contributed by atoms with Gasteiger partial charge in [-0.25, -0.2) is 8.42 Å². The molecule has 0 aliphatic heterocycles. The second-order valence-corrected chi connectivity index (χ2v) is 5.59. The second-order valence-electron chi connectivity index (χ2n) is 3.51. The number of likely N-dealkylation sites (N-methyl/N-ethyl adjacent to an activating group) is 1. The lowest BCUT2D eigenvalue weighted by Gasteiger charge is -2.14. The number of carbonyl (C=O) groups excluding carboxylic acids is 1. The van der Waals surface area contributed by atoms with E-state index >= 15 is 0 Å². The Hall–Kier alpha value is -1.13. The standard InChI is InChI=1S/C8H13N3O3S/c1-11(15(13,14)5-4-9)6-8(12)10-7-2-3-7/h7H,2-3,5-6H2,1H3,(H,10,12). The molecular weight excluding hydrogens is 218 g/mol. The van der Waals surface area contributed by atoms with Crippen LogP contribution >= 0.6 is 0 Å². The van der Waals surface area contributed by atoms with Crippen LogP contribution in [0.25, 0.3) is 0 Å². The highest BCUT2D eigenvalue weighted by Gasteiger charge is 2.26. The van der Waals surface area contributed by atoms with Crippen LogP contribution in [0.2, 0.25) is 0 Å². The summed E-state index contributed by atoms with van der Waals surface area (Å²) < 4.78 is 23.5. The van der Waals surface area contributed by atoms with Gasteiger partial charge in [0.2, 0.25) is 15.9 Å². The van der Waals surface area contributed by atoms with Gasteiger partial charge in [-0.1, -0.05) is 0 Å². The molecule has 6 nitrogen and oxygen atoms in total. The van der Waals surface area contributed by atoms with Gasteiger partial charge >= 0.3 is 0 Å². The summed E-state index contributed by atoms with van der Waals surface area (Å²) in [7, 11) is -2.32. The normalized spacial score (nSPS) is 16.1. The summed E-state index contributed by atoms with van der Waals surface area (Å²) in [6.07, 6.45) is 1.92. The minimum absolute atomic E-state index is 0.213. The molecule has 1 fully saturated rings. The minimum atomic E-state index is -3.61. The molecule has 1 aliphatic carbocycles. The lowest BCUT2D eigenvalue weighted by Crippen LogP contribution is -2.39. The third kappa shape index (κ3) is 3.85. The first-order valence-electron chi connectivity index (χ1n) is 4.56. The fourth-order valence-corrected chi connectivity index (χ4v) is 1.69. The van der Waals surface area contributed by atoms with Gasteiger partial charge in [-0.3, -0.25) is 4.79 Å². The topological polar surface area (TPSA) is 90.3 Å². The van der Waals surface area contributed by atoms with Crippen LogP contribution in [-0.2, 0) is 14.8 Å². The monoisotopic (exact) mass is 231 g/mol. The van der Waals surface area contributed by atoms with E-state index in [4.69, 9.17) is 5.26 Å². The zero-order valence-electron chi connectivity index (χ0n) is 8.43. The molecule has 0 bridgehead atoms. The molecule has 0 aromatic heterocycles. The first-order chi connectivity index (χ1) is 6.95. The maximum atomic E-state index is 11.3. The van der Waals surface area contributed by atoms with E-state index in [1.54, 1.807) is 6.07 Å². The molecule has 1 N–H and O–H groups in total. The first kappa shape index (κ1) is 11.9. The van der Waals surface area contributed by atoms with Crippen molar-refractivity contribution in [3.8, 4) is 6.07 Å². The maximum absolute atomic E-state index is 11.3. The van der Waals surface area contributed by atoms with Crippen LogP contribution in [0.15, 0.2) is 0 Å². The van der Waals surface area contributed by atoms with Crippen LogP contribution in [0.1, 0.15) is 12.8 Å². The van der Waals surface area contributed by atoms with E-state index in [2.05, 4.69) is 5.32 Å². The fourth-order valence-electron chi connectivity index (χ4n) is 0.993. The van der Waals surface area contributed by atoms with Crippen LogP contribution in [0, 0.1) is 11.3 Å². The van der Waals surface area contributed by atoms with Crippen molar-refractivity contribution in [1.29, 1.82) is 5.26 Å². The van der Waals surface area contributed by atoms with Crippen LogP contribution in [-0.4, -0.2) is 44.0 Å². The predicted octanol–water partition coefficient (Wildman–Crippen LogP) is -0.950. The average Bonchev–Trinajstić information content (AvgIpc) is 2.87. The molecule has 7 heteroatoms. The lowest BCUT2D eigenvalue weighted by molar-refractivity contribution is -0.121. The van der Waals surface area contributed by atoms with E-state index in [0.29, 0.717) is 0 Å². The largest absolute Gasteiger partial charge is 0.352 e. The van der Waals surface area contributed by atoms with Crippen molar-refractivity contribution in [2.24, 2.45) is 0 Å². The Morgan fingerprint density at radius 1 is 1.60 bits per heavy atom. The van der Waals surface area contributed by atoms with Gasteiger partial charge in [0.25, 0.3) is 0 Å². The summed E-state index contributed by atoms with van der Waals surface area (Å²) >= 11 is 0. The van der Waals surface area contributed by atoms with E-state index in [-0.39, 0.29) is 18.5 Å². The first-order valence-corrected chi connectivity index (χ1v) is 6.17. The van der Waals surface area contributed by atoms with Crippen molar-refractivity contribution in [1.82, 2.24) is 9.62 Å². The average molecular weight is 231 g/mol. The number of amides is 1. The van der Waals surface area contributed by atoms with Gasteiger partial charge in [0.05, 0.1) is 12.6 Å². The Morgan fingerprint density at radius 2 is 2.20 bits per heavy atom. The zero-order valence-corrected chi connectivity index (χ0v) is 9.25. The summed E-state index contributed by atoms with van der Waals surface area (Å²) in [5, 5.41) is 11.0. The Morgan fingerprint density at radius 3 is 2.67 bits per heavy atom. The number of nitrogens with one attached hydrogen (secondary N) is 1. The summed E-state index contributed by atoms with van der Waals surface area (Å²) in [6.45, 7) is -0.222. The van der Waals surface area contributed by atoms with Gasteiger partial charge in [-0.2, -0.15) is 9.57 Å². The van der Waals surface area contributed by atoms with Crippen LogP contribution in [0.4, 0.5) is 0 Å². The van der Waals surface area contributed by atoms with Gasteiger partial charge < -0.3 is 5.32 Å². The van der Waals surface area contributed by atoms with Crippen molar-refractivity contribution in [2.45, 2.75) is 18.9 Å². The molecular formula is C8H13N3O3S. The quantitative estimate of drug-likeness (QED) is 0.660. The van der Waals surface area contributed by atoms with Crippen LogP contribution < -0.4 is 5.32 Å². The van der Waals surface area contributed by atoms with Gasteiger partial charge in [0.15, 0.2) is 5.75 Å². The Bertz CT molecular complexity index is 380. The van der Waals surface area contributed by atoms with E-state index in [0.717, 1.165) is 17.1 Å². The molecule has 1 saturated carbocycles. The number of nitrogens with zero attached hydrogens (tertiary/aromatic N) is 2. The zero-order chi connectivity index (χ0) is 11.5. The van der Waals surface area contributed by atoms with Crippen molar-refractivity contribution < 1.29 is 13.2 Å². The summed E-state index contributed by atoms with van der Waals surface area (Å²) in [5.74, 6) is -0.915. The van der Waals surface area contributed by atoms with Crippen molar-refractivity contribution in [3.05, 3.63) is 0 Å². The number of sulfonamides is 1. The lowest BCUT2D eigenvalue weighted by atomic mass is 10.5. The molecule has 84 valence electrons.